The molecule has 17 heavy (non-hydrogen) atoms. The van der Waals surface area contributed by atoms with Gasteiger partial charge in [-0.2, -0.15) is 4.98 Å². The molecule has 1 N–H and O–H groups in total. The van der Waals surface area contributed by atoms with Crippen LogP contribution in [0.1, 0.15) is 38.4 Å². The van der Waals surface area contributed by atoms with Crippen molar-refractivity contribution in [1.82, 2.24) is 20.4 Å². The lowest BCUT2D eigenvalue weighted by atomic mass is 10.2. The zero-order valence-corrected chi connectivity index (χ0v) is 11.5. The van der Waals surface area contributed by atoms with E-state index in [1.807, 2.05) is 0 Å². The highest BCUT2D eigenvalue weighted by Crippen LogP contribution is 2.13. The van der Waals surface area contributed by atoms with Gasteiger partial charge in [0.25, 0.3) is 0 Å². The number of halogens is 1. The molecule has 1 saturated heterocycles. The smallest absolute Gasteiger partial charge is 0.229 e. The Bertz CT molecular complexity index is 342. The van der Waals surface area contributed by atoms with Crippen LogP contribution < -0.4 is 5.32 Å². The largest absolute Gasteiger partial charge is 0.339 e. The van der Waals surface area contributed by atoms with Crippen LogP contribution in [0, 0.1) is 0 Å². The van der Waals surface area contributed by atoms with Crippen molar-refractivity contribution < 1.29 is 4.52 Å². The average Bonchev–Trinajstić information content (AvgIpc) is 2.70. The molecule has 1 aromatic rings. The van der Waals surface area contributed by atoms with Gasteiger partial charge in [0.05, 0.1) is 6.54 Å². The third kappa shape index (κ3) is 3.66. The van der Waals surface area contributed by atoms with Crippen molar-refractivity contribution in [3.05, 3.63) is 11.7 Å². The van der Waals surface area contributed by atoms with Crippen LogP contribution in [0.15, 0.2) is 4.52 Å². The number of rotatable bonds is 3. The van der Waals surface area contributed by atoms with Crippen molar-refractivity contribution in [1.29, 1.82) is 0 Å². The number of nitrogens with one attached hydrogen (secondary N) is 1. The molecule has 5 nitrogen and oxygen atoms in total. The summed E-state index contributed by atoms with van der Waals surface area (Å²) in [6, 6.07) is 0.537. The van der Waals surface area contributed by atoms with Gasteiger partial charge in [-0.3, -0.25) is 4.90 Å². The Morgan fingerprint density at radius 2 is 2.29 bits per heavy atom. The first kappa shape index (κ1) is 14.4. The highest BCUT2D eigenvalue weighted by molar-refractivity contribution is 5.85. The first-order valence-corrected chi connectivity index (χ1v) is 5.94. The van der Waals surface area contributed by atoms with E-state index in [1.54, 1.807) is 0 Å². The van der Waals surface area contributed by atoms with Crippen molar-refractivity contribution in [2.45, 2.75) is 39.3 Å². The second-order valence-corrected chi connectivity index (χ2v) is 4.73. The molecule has 0 amide bonds. The molecule has 0 radical (unpaired) electrons. The van der Waals surface area contributed by atoms with Gasteiger partial charge < -0.3 is 9.84 Å². The highest BCUT2D eigenvalue weighted by atomic mass is 35.5. The summed E-state index contributed by atoms with van der Waals surface area (Å²) in [5.41, 5.74) is 0. The van der Waals surface area contributed by atoms with E-state index in [-0.39, 0.29) is 12.4 Å². The minimum atomic E-state index is 0. The van der Waals surface area contributed by atoms with E-state index in [4.69, 9.17) is 4.52 Å². The van der Waals surface area contributed by atoms with E-state index in [0.29, 0.717) is 12.0 Å². The lowest BCUT2D eigenvalue weighted by Crippen LogP contribution is -2.49. The van der Waals surface area contributed by atoms with Crippen LogP contribution in [-0.4, -0.2) is 40.7 Å². The minimum Gasteiger partial charge on any atom is -0.339 e. The van der Waals surface area contributed by atoms with Crippen molar-refractivity contribution in [3.63, 3.8) is 0 Å². The fraction of sp³-hybridized carbons (Fsp3) is 0.818. The Hall–Kier alpha value is -0.650. The van der Waals surface area contributed by atoms with Crippen molar-refractivity contribution in [2.24, 2.45) is 0 Å². The Kier molecular flexibility index (Phi) is 5.36. The molecule has 2 heterocycles. The molecule has 0 bridgehead atoms. The lowest BCUT2D eigenvalue weighted by Gasteiger charge is -2.32. The zero-order valence-electron chi connectivity index (χ0n) is 10.6. The molecule has 1 aliphatic rings. The van der Waals surface area contributed by atoms with Gasteiger partial charge in [0.15, 0.2) is 5.82 Å². The van der Waals surface area contributed by atoms with Crippen LogP contribution in [0.2, 0.25) is 0 Å². The molecule has 2 rings (SSSR count). The quantitative estimate of drug-likeness (QED) is 0.891. The topological polar surface area (TPSA) is 54.2 Å². The Balaban J connectivity index is 0.00000144. The van der Waals surface area contributed by atoms with Crippen LogP contribution in [-0.2, 0) is 6.54 Å². The number of aromatic nitrogens is 2. The van der Waals surface area contributed by atoms with E-state index in [9.17, 15) is 0 Å². The van der Waals surface area contributed by atoms with Gasteiger partial charge >= 0.3 is 0 Å². The normalized spacial score (nSPS) is 21.5. The van der Waals surface area contributed by atoms with Crippen LogP contribution in [0.3, 0.4) is 0 Å². The van der Waals surface area contributed by atoms with Gasteiger partial charge in [0.2, 0.25) is 5.89 Å². The van der Waals surface area contributed by atoms with E-state index < -0.39 is 0 Å². The van der Waals surface area contributed by atoms with Gasteiger partial charge in [-0.1, -0.05) is 19.0 Å². The zero-order chi connectivity index (χ0) is 11.5. The molecule has 1 atom stereocenters. The van der Waals surface area contributed by atoms with Gasteiger partial charge in [0, 0.05) is 31.6 Å². The molecule has 1 aromatic heterocycles. The number of hydrogen-bond acceptors (Lipinski definition) is 5. The fourth-order valence-electron chi connectivity index (χ4n) is 1.87. The number of nitrogens with zero attached hydrogens (tertiary/aromatic N) is 3. The number of hydrogen-bond donors (Lipinski definition) is 1. The molecule has 6 heteroatoms. The Morgan fingerprint density at radius 1 is 1.53 bits per heavy atom. The van der Waals surface area contributed by atoms with Crippen molar-refractivity contribution >= 4 is 12.4 Å². The van der Waals surface area contributed by atoms with Crippen LogP contribution in [0.4, 0.5) is 0 Å². The first-order valence-electron chi connectivity index (χ1n) is 5.94. The summed E-state index contributed by atoms with van der Waals surface area (Å²) >= 11 is 0. The molecule has 0 spiro atoms. The van der Waals surface area contributed by atoms with Crippen molar-refractivity contribution in [2.75, 3.05) is 19.6 Å². The maximum atomic E-state index is 5.20. The monoisotopic (exact) mass is 260 g/mol. The predicted molar refractivity (Wildman–Crippen MR) is 68.4 cm³/mol. The van der Waals surface area contributed by atoms with Crippen molar-refractivity contribution in [3.8, 4) is 0 Å². The lowest BCUT2D eigenvalue weighted by molar-refractivity contribution is 0.160. The Morgan fingerprint density at radius 3 is 2.88 bits per heavy atom. The minimum absolute atomic E-state index is 0. The summed E-state index contributed by atoms with van der Waals surface area (Å²) in [6.45, 7) is 10.3. The van der Waals surface area contributed by atoms with Gasteiger partial charge in [-0.05, 0) is 6.92 Å². The SMILES string of the molecule is CC(C)c1nc(CN2CCNC[C@H]2C)no1.Cl. The molecule has 1 fully saturated rings. The predicted octanol–water partition coefficient (Wildman–Crippen LogP) is 1.41. The maximum Gasteiger partial charge on any atom is 0.229 e. The van der Waals surface area contributed by atoms with Crippen LogP contribution in [0.25, 0.3) is 0 Å². The summed E-state index contributed by atoms with van der Waals surface area (Å²) in [6.07, 6.45) is 0. The van der Waals surface area contributed by atoms with Crippen LogP contribution >= 0.6 is 12.4 Å². The third-order valence-electron chi connectivity index (χ3n) is 2.96. The summed E-state index contributed by atoms with van der Waals surface area (Å²) in [4.78, 5) is 6.78. The van der Waals surface area contributed by atoms with Gasteiger partial charge in [0.1, 0.15) is 0 Å². The molecule has 98 valence electrons. The van der Waals surface area contributed by atoms with Gasteiger partial charge in [-0.15, -0.1) is 12.4 Å². The summed E-state index contributed by atoms with van der Waals surface area (Å²) < 4.78 is 5.20. The average molecular weight is 261 g/mol. The highest BCUT2D eigenvalue weighted by Gasteiger charge is 2.20. The standard InChI is InChI=1S/C11H20N4O.ClH/c1-8(2)11-13-10(14-16-11)7-15-5-4-12-6-9(15)3;/h8-9,12H,4-7H2,1-3H3;1H/t9-;/m1./s1. The van der Waals surface area contributed by atoms with E-state index in [2.05, 4.69) is 41.1 Å². The second kappa shape index (κ2) is 6.33. The van der Waals surface area contributed by atoms with Gasteiger partial charge in [-0.25, -0.2) is 0 Å². The van der Waals surface area contributed by atoms with E-state index in [0.717, 1.165) is 37.9 Å². The second-order valence-electron chi connectivity index (χ2n) is 4.73. The van der Waals surface area contributed by atoms with Crippen LogP contribution in [0.5, 0.6) is 0 Å². The van der Waals surface area contributed by atoms with E-state index >= 15 is 0 Å². The summed E-state index contributed by atoms with van der Waals surface area (Å²) in [5.74, 6) is 1.84. The molecule has 0 unspecified atom stereocenters. The fourth-order valence-corrected chi connectivity index (χ4v) is 1.87. The Labute approximate surface area is 108 Å². The molecular formula is C11H21ClN4O. The third-order valence-corrected chi connectivity index (χ3v) is 2.96. The first-order chi connectivity index (χ1) is 7.66. The van der Waals surface area contributed by atoms with E-state index in [1.165, 1.54) is 0 Å². The molecule has 0 aromatic carbocycles. The maximum absolute atomic E-state index is 5.20. The summed E-state index contributed by atoms with van der Waals surface area (Å²) in [5, 5.41) is 7.39. The molecule has 1 aliphatic heterocycles. The molecule has 0 saturated carbocycles. The molecular weight excluding hydrogens is 240 g/mol. The molecule has 0 aliphatic carbocycles. The summed E-state index contributed by atoms with van der Waals surface area (Å²) in [7, 11) is 0. The number of piperazine rings is 1.